The quantitative estimate of drug-likeness (QED) is 0.475. The molecule has 0 saturated heterocycles. The molecule has 2 unspecified atom stereocenters. The van der Waals surface area contributed by atoms with E-state index in [0.717, 1.165) is 61.2 Å². The molecule has 0 spiro atoms. The predicted octanol–water partition coefficient (Wildman–Crippen LogP) is 6.45. The fourth-order valence-corrected chi connectivity index (χ4v) is 6.73. The largest absolute Gasteiger partial charge is 0.293 e. The molecule has 0 aliphatic heterocycles. The third kappa shape index (κ3) is 2.03. The third-order valence-corrected chi connectivity index (χ3v) is 8.18. The van der Waals surface area contributed by atoms with E-state index >= 15 is 0 Å². The average molecular weight is 437 g/mol. The molecule has 8 rings (SSSR count). The molecular weight excluding hydrogens is 416 g/mol. The summed E-state index contributed by atoms with van der Waals surface area (Å²) in [4.78, 5) is 27.1. The van der Waals surface area contributed by atoms with E-state index in [0.29, 0.717) is 0 Å². The van der Waals surface area contributed by atoms with Crippen molar-refractivity contribution in [2.45, 2.75) is 13.8 Å². The van der Waals surface area contributed by atoms with Crippen LogP contribution in [0.2, 0.25) is 0 Å². The Balaban J connectivity index is 1.49. The van der Waals surface area contributed by atoms with Crippen molar-refractivity contribution in [3.63, 3.8) is 0 Å². The fourth-order valence-electron chi connectivity index (χ4n) is 6.73. The Morgan fingerprint density at radius 1 is 0.676 bits per heavy atom. The van der Waals surface area contributed by atoms with Crippen LogP contribution in [-0.4, -0.2) is 11.6 Å². The molecule has 2 atom stereocenters. The van der Waals surface area contributed by atoms with E-state index in [2.05, 4.69) is 56.4 Å². The summed E-state index contributed by atoms with van der Waals surface area (Å²) < 4.78 is 0. The molecule has 2 aromatic rings. The van der Waals surface area contributed by atoms with Crippen LogP contribution in [0.5, 0.6) is 0 Å². The van der Waals surface area contributed by atoms with Gasteiger partial charge in [0.05, 0.1) is 5.92 Å². The number of hydrogen-bond donors (Lipinski definition) is 0. The van der Waals surface area contributed by atoms with E-state index in [1.165, 1.54) is 16.7 Å². The molecule has 0 fully saturated rings. The first-order valence-corrected chi connectivity index (χ1v) is 11.8. The van der Waals surface area contributed by atoms with Gasteiger partial charge in [-0.3, -0.25) is 9.59 Å². The summed E-state index contributed by atoms with van der Waals surface area (Å²) in [6.45, 7) is 4.15. The highest BCUT2D eigenvalue weighted by atomic mass is 16.1. The van der Waals surface area contributed by atoms with Crippen molar-refractivity contribution < 1.29 is 9.59 Å². The zero-order valence-electron chi connectivity index (χ0n) is 18.9. The lowest BCUT2D eigenvalue weighted by molar-refractivity contribution is 0.0957. The van der Waals surface area contributed by atoms with Crippen LogP contribution < -0.4 is 0 Å². The van der Waals surface area contributed by atoms with Crippen LogP contribution in [-0.2, 0) is 0 Å². The molecule has 160 valence electrons. The fraction of sp³-hybridized carbons (Fsp3) is 0.125. The number of aryl methyl sites for hydroxylation is 2. The van der Waals surface area contributed by atoms with Gasteiger partial charge < -0.3 is 0 Å². The number of fused-ring (bicyclic) bond motifs is 4. The Bertz CT molecular complexity index is 1690. The summed E-state index contributed by atoms with van der Waals surface area (Å²) in [5.41, 5.74) is 14.9. The zero-order valence-corrected chi connectivity index (χ0v) is 18.9. The Morgan fingerprint density at radius 2 is 1.44 bits per heavy atom. The van der Waals surface area contributed by atoms with Crippen molar-refractivity contribution in [2.75, 3.05) is 0 Å². The number of benzene rings is 2. The molecule has 0 aromatic heterocycles. The summed E-state index contributed by atoms with van der Waals surface area (Å²) in [5, 5.41) is 0. The minimum absolute atomic E-state index is 0.00188. The lowest BCUT2D eigenvalue weighted by Crippen LogP contribution is -2.34. The molecule has 0 saturated carbocycles. The maximum absolute atomic E-state index is 13.6. The topological polar surface area (TPSA) is 34.1 Å². The minimum atomic E-state index is -0.263. The molecule has 0 N–H and O–H groups in total. The Hall–Kier alpha value is -4.04. The van der Waals surface area contributed by atoms with Gasteiger partial charge in [0.1, 0.15) is 0 Å². The van der Waals surface area contributed by atoms with Crippen molar-refractivity contribution in [2.24, 2.45) is 11.8 Å². The first-order chi connectivity index (χ1) is 16.5. The lowest BCUT2D eigenvalue weighted by atomic mass is 9.57. The number of allylic oxidation sites excluding steroid dienone is 14. The summed E-state index contributed by atoms with van der Waals surface area (Å²) in [7, 11) is 0. The average Bonchev–Trinajstić information content (AvgIpc) is 2.84. The Labute approximate surface area is 197 Å². The van der Waals surface area contributed by atoms with E-state index in [1.807, 2.05) is 30.3 Å². The first kappa shape index (κ1) is 18.4. The number of carbonyl (C=O) groups excluding carboxylic acids is 2. The van der Waals surface area contributed by atoms with Gasteiger partial charge in [-0.1, -0.05) is 71.8 Å². The van der Waals surface area contributed by atoms with Crippen LogP contribution >= 0.6 is 0 Å². The molecule has 0 radical (unpaired) electrons. The number of ketones is 2. The van der Waals surface area contributed by atoms with Crippen LogP contribution in [0.25, 0.3) is 11.1 Å². The van der Waals surface area contributed by atoms with Gasteiger partial charge in [0, 0.05) is 22.6 Å². The number of rotatable bonds is 0. The van der Waals surface area contributed by atoms with Crippen LogP contribution in [0.4, 0.5) is 0 Å². The van der Waals surface area contributed by atoms with Gasteiger partial charge in [-0.05, 0) is 76.1 Å². The number of hydrogen-bond acceptors (Lipinski definition) is 2. The second-order valence-corrected chi connectivity index (χ2v) is 10.1. The van der Waals surface area contributed by atoms with Crippen molar-refractivity contribution in [1.29, 1.82) is 0 Å². The normalized spacial score (nSPS) is 24.6. The van der Waals surface area contributed by atoms with Crippen LogP contribution in [0, 0.1) is 25.7 Å². The standard InChI is InChI=1S/C32H20O2/c1-15-3-7-19-23(11-15)25-13-17-5-10-22-30-26(24-12-16(2)4-8-20(24)32(22)34)14-18-6-9-21(31(19)33)29(25)27(18)28(17)30/h3-14,21,28H,1-2H3. The van der Waals surface area contributed by atoms with Crippen molar-refractivity contribution in [3.05, 3.63) is 140 Å². The van der Waals surface area contributed by atoms with Crippen molar-refractivity contribution in [1.82, 2.24) is 0 Å². The van der Waals surface area contributed by atoms with Gasteiger partial charge in [-0.2, -0.15) is 0 Å². The van der Waals surface area contributed by atoms with Crippen LogP contribution in [0.15, 0.2) is 106 Å². The third-order valence-electron chi connectivity index (χ3n) is 8.18. The molecule has 6 aliphatic rings. The maximum atomic E-state index is 13.6. The number of Topliss-reactive ketones (excluding diaryl/α,β-unsaturated/α-hetero) is 2. The summed E-state index contributed by atoms with van der Waals surface area (Å²) in [6, 6.07) is 12.3. The number of carbonyl (C=O) groups is 2. The van der Waals surface area contributed by atoms with Gasteiger partial charge in [0.15, 0.2) is 11.6 Å². The van der Waals surface area contributed by atoms with Gasteiger partial charge in [0.25, 0.3) is 0 Å². The highest BCUT2D eigenvalue weighted by Crippen LogP contribution is 2.59. The molecule has 0 amide bonds. The predicted molar refractivity (Wildman–Crippen MR) is 133 cm³/mol. The second-order valence-electron chi connectivity index (χ2n) is 10.1. The van der Waals surface area contributed by atoms with Gasteiger partial charge in [-0.15, -0.1) is 0 Å². The van der Waals surface area contributed by atoms with E-state index in [1.54, 1.807) is 0 Å². The van der Waals surface area contributed by atoms with Gasteiger partial charge in [-0.25, -0.2) is 0 Å². The van der Waals surface area contributed by atoms with Crippen LogP contribution in [0.1, 0.15) is 43.0 Å². The molecule has 2 aromatic carbocycles. The summed E-state index contributed by atoms with van der Waals surface area (Å²) >= 11 is 0. The lowest BCUT2D eigenvalue weighted by Gasteiger charge is -2.45. The van der Waals surface area contributed by atoms with E-state index in [-0.39, 0.29) is 23.4 Å². The second kappa shape index (κ2) is 5.90. The zero-order chi connectivity index (χ0) is 22.9. The van der Waals surface area contributed by atoms with Gasteiger partial charge in [0.2, 0.25) is 0 Å². The minimum Gasteiger partial charge on any atom is -0.293 e. The molecular formula is C32H20O2. The Morgan fingerprint density at radius 3 is 2.26 bits per heavy atom. The molecule has 0 bridgehead atoms. The van der Waals surface area contributed by atoms with Crippen LogP contribution in [0.3, 0.4) is 0 Å². The molecule has 34 heavy (non-hydrogen) atoms. The Kier molecular flexibility index (Phi) is 3.19. The van der Waals surface area contributed by atoms with E-state index in [4.69, 9.17) is 0 Å². The maximum Gasteiger partial charge on any atom is 0.193 e. The monoisotopic (exact) mass is 436 g/mol. The summed E-state index contributed by atoms with van der Waals surface area (Å²) in [6.07, 6.45) is 12.9. The molecule has 0 heterocycles. The van der Waals surface area contributed by atoms with Gasteiger partial charge >= 0.3 is 0 Å². The molecule has 6 aliphatic carbocycles. The molecule has 2 nitrogen and oxygen atoms in total. The van der Waals surface area contributed by atoms with E-state index < -0.39 is 0 Å². The van der Waals surface area contributed by atoms with E-state index in [9.17, 15) is 9.59 Å². The first-order valence-electron chi connectivity index (χ1n) is 11.8. The van der Waals surface area contributed by atoms with Crippen molar-refractivity contribution >= 4 is 22.7 Å². The highest BCUT2D eigenvalue weighted by molar-refractivity contribution is 6.21. The smallest absolute Gasteiger partial charge is 0.193 e. The highest BCUT2D eigenvalue weighted by Gasteiger charge is 2.47. The summed E-state index contributed by atoms with van der Waals surface area (Å²) in [5.74, 6) is 0.00717. The SMILES string of the molecule is Cc1ccc2c(c1)C1=CC3=C4C5=C(C=C6C=CC(=C1C64)C2=O)c1cc(C)ccc1C(=O)C5C=C3. The molecule has 2 heteroatoms. The van der Waals surface area contributed by atoms with Crippen molar-refractivity contribution in [3.8, 4) is 0 Å².